The molecule has 1 aliphatic heterocycles. The topological polar surface area (TPSA) is 61.4 Å². The molecule has 24 heavy (non-hydrogen) atoms. The van der Waals surface area contributed by atoms with Gasteiger partial charge >= 0.3 is 6.03 Å². The van der Waals surface area contributed by atoms with Crippen LogP contribution in [0.5, 0.6) is 0 Å². The second-order valence-electron chi connectivity index (χ2n) is 6.26. The Bertz CT molecular complexity index is 559. The summed E-state index contributed by atoms with van der Waals surface area (Å²) < 4.78 is 0. The normalized spacial score (nSPS) is 20.3. The molecule has 0 unspecified atom stereocenters. The number of nitrogens with zero attached hydrogens (tertiary/aromatic N) is 1. The summed E-state index contributed by atoms with van der Waals surface area (Å²) in [7, 11) is 0. The van der Waals surface area contributed by atoms with E-state index >= 15 is 0 Å². The number of carbonyl (C=O) groups is 2. The highest BCUT2D eigenvalue weighted by Gasteiger charge is 2.31. The highest BCUT2D eigenvalue weighted by molar-refractivity contribution is 5.89. The number of hydrogen-bond acceptors (Lipinski definition) is 2. The molecule has 1 aromatic carbocycles. The minimum absolute atomic E-state index is 0.0609. The Morgan fingerprint density at radius 3 is 2.71 bits per heavy atom. The molecule has 0 aromatic heterocycles. The zero-order valence-electron chi connectivity index (χ0n) is 14.3. The Balaban J connectivity index is 1.88. The summed E-state index contributed by atoms with van der Waals surface area (Å²) >= 11 is 0. The Morgan fingerprint density at radius 2 is 2.04 bits per heavy atom. The van der Waals surface area contributed by atoms with Crippen molar-refractivity contribution in [3.8, 4) is 0 Å². The van der Waals surface area contributed by atoms with Crippen molar-refractivity contribution in [2.75, 3.05) is 25.0 Å². The second-order valence-corrected chi connectivity index (χ2v) is 6.26. The van der Waals surface area contributed by atoms with E-state index in [4.69, 9.17) is 0 Å². The van der Waals surface area contributed by atoms with E-state index in [1.165, 1.54) is 0 Å². The number of hydrogen-bond donors (Lipinski definition) is 2. The first-order valence-electron chi connectivity index (χ1n) is 8.62. The maximum atomic E-state index is 12.4. The summed E-state index contributed by atoms with van der Waals surface area (Å²) in [6.45, 7) is 7.63. The van der Waals surface area contributed by atoms with Gasteiger partial charge in [-0.15, -0.1) is 6.58 Å². The Morgan fingerprint density at radius 1 is 1.29 bits per heavy atom. The summed E-state index contributed by atoms with van der Waals surface area (Å²) in [6.07, 6.45) is 4.04. The minimum atomic E-state index is -0.0609. The zero-order chi connectivity index (χ0) is 17.4. The van der Waals surface area contributed by atoms with Gasteiger partial charge in [0.1, 0.15) is 0 Å². The average Bonchev–Trinajstić information content (AvgIpc) is 2.61. The first kappa shape index (κ1) is 18.0. The van der Waals surface area contributed by atoms with Crippen LogP contribution in [0.1, 0.15) is 26.2 Å². The van der Waals surface area contributed by atoms with Crippen LogP contribution in [0.15, 0.2) is 43.0 Å². The molecule has 2 rings (SSSR count). The molecule has 0 radical (unpaired) electrons. The molecule has 0 bridgehead atoms. The fraction of sp³-hybridized carbons (Fsp3) is 0.474. The lowest BCUT2D eigenvalue weighted by Crippen LogP contribution is -2.46. The molecule has 1 saturated heterocycles. The first-order valence-corrected chi connectivity index (χ1v) is 8.62. The summed E-state index contributed by atoms with van der Waals surface area (Å²) in [5.41, 5.74) is 0.807. The van der Waals surface area contributed by atoms with E-state index in [1.807, 2.05) is 35.2 Å². The molecular formula is C19H27N3O2. The molecule has 130 valence electrons. The summed E-state index contributed by atoms with van der Waals surface area (Å²) in [5, 5.41) is 5.78. The molecular weight excluding hydrogens is 302 g/mol. The molecule has 1 fully saturated rings. The van der Waals surface area contributed by atoms with Gasteiger partial charge in [-0.05, 0) is 30.4 Å². The molecule has 2 atom stereocenters. The van der Waals surface area contributed by atoms with Crippen LogP contribution in [0, 0.1) is 11.8 Å². The van der Waals surface area contributed by atoms with Crippen LogP contribution < -0.4 is 10.6 Å². The lowest BCUT2D eigenvalue weighted by atomic mass is 9.81. The molecule has 0 aliphatic carbocycles. The zero-order valence-corrected chi connectivity index (χ0v) is 14.3. The van der Waals surface area contributed by atoms with Gasteiger partial charge in [0.25, 0.3) is 0 Å². The molecule has 3 amide bonds. The van der Waals surface area contributed by atoms with Gasteiger partial charge in [-0.25, -0.2) is 4.79 Å². The Labute approximate surface area is 144 Å². The number of para-hydroxylation sites is 1. The van der Waals surface area contributed by atoms with Gasteiger partial charge in [0.05, 0.1) is 0 Å². The lowest BCUT2D eigenvalue weighted by molar-refractivity contribution is -0.122. The van der Waals surface area contributed by atoms with Crippen LogP contribution in [0.3, 0.4) is 0 Å². The van der Waals surface area contributed by atoms with Crippen molar-refractivity contribution in [2.24, 2.45) is 11.8 Å². The molecule has 5 nitrogen and oxygen atoms in total. The average molecular weight is 329 g/mol. The summed E-state index contributed by atoms with van der Waals surface area (Å²) in [5.74, 6) is 0.760. The van der Waals surface area contributed by atoms with E-state index < -0.39 is 0 Å². The van der Waals surface area contributed by atoms with Crippen LogP contribution in [0.2, 0.25) is 0 Å². The van der Waals surface area contributed by atoms with Crippen LogP contribution in [-0.4, -0.2) is 36.5 Å². The first-order chi connectivity index (χ1) is 11.6. The van der Waals surface area contributed by atoms with Crippen molar-refractivity contribution in [3.63, 3.8) is 0 Å². The molecule has 0 spiro atoms. The number of amides is 3. The predicted octanol–water partition coefficient (Wildman–Crippen LogP) is 3.26. The van der Waals surface area contributed by atoms with Crippen LogP contribution in [0.25, 0.3) is 0 Å². The van der Waals surface area contributed by atoms with Crippen molar-refractivity contribution in [1.29, 1.82) is 0 Å². The molecule has 1 heterocycles. The summed E-state index contributed by atoms with van der Waals surface area (Å²) in [6, 6.07) is 9.43. The quantitative estimate of drug-likeness (QED) is 0.787. The van der Waals surface area contributed by atoms with E-state index in [1.54, 1.807) is 6.08 Å². The fourth-order valence-electron chi connectivity index (χ4n) is 3.22. The molecule has 2 N–H and O–H groups in total. The van der Waals surface area contributed by atoms with Crippen LogP contribution in [-0.2, 0) is 4.79 Å². The van der Waals surface area contributed by atoms with Crippen LogP contribution >= 0.6 is 0 Å². The smallest absolute Gasteiger partial charge is 0.321 e. The number of likely N-dealkylation sites (tertiary alicyclic amines) is 1. The van der Waals surface area contributed by atoms with Gasteiger partial charge in [-0.2, -0.15) is 0 Å². The second kappa shape index (κ2) is 9.11. The lowest BCUT2D eigenvalue weighted by Gasteiger charge is -2.38. The number of nitrogens with one attached hydrogen (secondary N) is 2. The van der Waals surface area contributed by atoms with Gasteiger partial charge in [-0.3, -0.25) is 4.79 Å². The number of rotatable bonds is 6. The summed E-state index contributed by atoms with van der Waals surface area (Å²) in [4.78, 5) is 26.2. The predicted molar refractivity (Wildman–Crippen MR) is 96.7 cm³/mol. The third-order valence-corrected chi connectivity index (χ3v) is 4.62. The van der Waals surface area contributed by atoms with Crippen molar-refractivity contribution < 1.29 is 9.59 Å². The van der Waals surface area contributed by atoms with E-state index in [9.17, 15) is 9.59 Å². The van der Waals surface area contributed by atoms with Gasteiger partial charge in [0, 0.05) is 31.7 Å². The fourth-order valence-corrected chi connectivity index (χ4v) is 3.22. The largest absolute Gasteiger partial charge is 0.353 e. The highest BCUT2D eigenvalue weighted by atomic mass is 16.2. The molecule has 5 heteroatoms. The van der Waals surface area contributed by atoms with E-state index in [-0.39, 0.29) is 11.9 Å². The molecule has 0 saturated carbocycles. The number of carbonyl (C=O) groups excluding carboxylic acids is 2. The SMILES string of the molecule is C=CCNC(=O)C[C@@H]1CCN(C(=O)Nc2ccccc2)C[C@H]1CC. The standard InChI is InChI=1S/C19H27N3O2/c1-3-11-20-18(23)13-16-10-12-22(14-15(16)4-2)19(24)21-17-8-6-5-7-9-17/h3,5-9,15-16H,1,4,10-14H2,2H3,(H,20,23)(H,21,24)/t15-,16+/m1/s1. The van der Waals surface area contributed by atoms with Gasteiger partial charge in [0.15, 0.2) is 0 Å². The van der Waals surface area contributed by atoms with Gasteiger partial charge in [0.2, 0.25) is 5.91 Å². The van der Waals surface area contributed by atoms with Gasteiger partial charge in [-0.1, -0.05) is 37.6 Å². The maximum absolute atomic E-state index is 12.4. The number of piperidine rings is 1. The monoisotopic (exact) mass is 329 g/mol. The minimum Gasteiger partial charge on any atom is -0.353 e. The molecule has 1 aromatic rings. The molecule has 1 aliphatic rings. The van der Waals surface area contributed by atoms with Crippen LogP contribution in [0.4, 0.5) is 10.5 Å². The van der Waals surface area contributed by atoms with Crippen molar-refractivity contribution >= 4 is 17.6 Å². The van der Waals surface area contributed by atoms with Crippen molar-refractivity contribution in [2.45, 2.75) is 26.2 Å². The number of anilines is 1. The van der Waals surface area contributed by atoms with Gasteiger partial charge < -0.3 is 15.5 Å². The van der Waals surface area contributed by atoms with E-state index in [0.717, 1.165) is 18.5 Å². The highest BCUT2D eigenvalue weighted by Crippen LogP contribution is 2.29. The van der Waals surface area contributed by atoms with Crippen molar-refractivity contribution in [1.82, 2.24) is 10.2 Å². The number of urea groups is 1. The third-order valence-electron chi connectivity index (χ3n) is 4.62. The number of benzene rings is 1. The van der Waals surface area contributed by atoms with E-state index in [2.05, 4.69) is 24.1 Å². The maximum Gasteiger partial charge on any atom is 0.321 e. The Hall–Kier alpha value is -2.30. The Kier molecular flexibility index (Phi) is 6.85. The third kappa shape index (κ3) is 5.11. The van der Waals surface area contributed by atoms with Crippen molar-refractivity contribution in [3.05, 3.63) is 43.0 Å². The van der Waals surface area contributed by atoms with E-state index in [0.29, 0.717) is 37.9 Å².